The second kappa shape index (κ2) is 10.9. The first-order valence-corrected chi connectivity index (χ1v) is 8.90. The molecule has 0 spiro atoms. The van der Waals surface area contributed by atoms with Crippen molar-refractivity contribution in [3.63, 3.8) is 0 Å². The van der Waals surface area contributed by atoms with E-state index in [1.54, 1.807) is 34.7 Å². The molecule has 0 aromatic heterocycles. The molecule has 0 unspecified atom stereocenters. The molecular weight excluding hydrogens is 324 g/mol. The fraction of sp³-hybridized carbons (Fsp3) is 0.833. The topological polar surface area (TPSA) is 93.7 Å². The molecule has 0 aliphatic heterocycles. The zero-order valence-corrected chi connectivity index (χ0v) is 16.6. The quantitative estimate of drug-likeness (QED) is 0.618. The van der Waals surface area contributed by atoms with E-state index in [2.05, 4.69) is 17.6 Å². The summed E-state index contributed by atoms with van der Waals surface area (Å²) >= 11 is 0. The number of esters is 1. The summed E-state index contributed by atoms with van der Waals surface area (Å²) in [6.45, 7) is 10.7. The molecule has 2 amide bonds. The number of unbranched alkanes of at least 4 members (excludes halogenated alkanes) is 1. The van der Waals surface area contributed by atoms with Gasteiger partial charge in [0, 0.05) is 19.4 Å². The Labute approximate surface area is 151 Å². The summed E-state index contributed by atoms with van der Waals surface area (Å²) in [7, 11) is 1.58. The monoisotopic (exact) mass is 358 g/mol. The van der Waals surface area contributed by atoms with Gasteiger partial charge in [0.05, 0.1) is 0 Å². The minimum atomic E-state index is -0.828. The number of hydrogen-bond donors (Lipinski definition) is 2. The van der Waals surface area contributed by atoms with Crippen LogP contribution in [0, 0.1) is 5.92 Å². The van der Waals surface area contributed by atoms with Crippen LogP contribution in [0.4, 0.5) is 4.79 Å². The Hall–Kier alpha value is -1.79. The van der Waals surface area contributed by atoms with E-state index in [1.807, 2.05) is 6.92 Å². The molecule has 0 rings (SSSR count). The zero-order valence-electron chi connectivity index (χ0n) is 16.6. The number of ether oxygens (including phenoxy) is 2. The molecule has 0 aromatic carbocycles. The van der Waals surface area contributed by atoms with E-state index in [4.69, 9.17) is 9.47 Å². The van der Waals surface area contributed by atoms with Crippen molar-refractivity contribution < 1.29 is 23.9 Å². The molecule has 0 aliphatic rings. The Morgan fingerprint density at radius 2 is 1.72 bits per heavy atom. The van der Waals surface area contributed by atoms with Gasteiger partial charge in [0.1, 0.15) is 17.7 Å². The van der Waals surface area contributed by atoms with Gasteiger partial charge in [-0.15, -0.1) is 0 Å². The summed E-state index contributed by atoms with van der Waals surface area (Å²) in [5.74, 6) is -0.732. The fourth-order valence-corrected chi connectivity index (χ4v) is 2.19. The van der Waals surface area contributed by atoms with Crippen LogP contribution in [0.1, 0.15) is 67.2 Å². The van der Waals surface area contributed by atoms with Gasteiger partial charge in [-0.25, -0.2) is 9.59 Å². The smallest absolute Gasteiger partial charge is 0.408 e. The molecule has 0 radical (unpaired) electrons. The van der Waals surface area contributed by atoms with E-state index in [-0.39, 0.29) is 24.3 Å². The summed E-state index contributed by atoms with van der Waals surface area (Å²) in [6, 6.07) is -0.828. The fourth-order valence-electron chi connectivity index (χ4n) is 2.19. The highest BCUT2D eigenvalue weighted by Gasteiger charge is 2.27. The maximum Gasteiger partial charge on any atom is 0.408 e. The normalized spacial score (nSPS) is 14.8. The van der Waals surface area contributed by atoms with Crippen LogP contribution >= 0.6 is 0 Å². The van der Waals surface area contributed by atoms with E-state index in [0.29, 0.717) is 6.42 Å². The molecule has 0 bridgehead atoms. The van der Waals surface area contributed by atoms with Crippen LogP contribution in [0.2, 0.25) is 0 Å². The summed E-state index contributed by atoms with van der Waals surface area (Å²) in [6.07, 6.45) is 1.79. The Morgan fingerprint density at radius 3 is 2.20 bits per heavy atom. The van der Waals surface area contributed by atoms with Crippen molar-refractivity contribution in [1.82, 2.24) is 10.6 Å². The SMILES string of the molecule is CCCC[C@@H](OC(=O)[C@H](C)NC(=O)OC(C)(C)C)[C@@H](C)CC(=O)NC. The Kier molecular flexibility index (Phi) is 10.2. The minimum Gasteiger partial charge on any atom is -0.461 e. The lowest BCUT2D eigenvalue weighted by atomic mass is 9.96. The average molecular weight is 358 g/mol. The zero-order chi connectivity index (χ0) is 19.6. The molecule has 25 heavy (non-hydrogen) atoms. The van der Waals surface area contributed by atoms with Crippen LogP contribution in [0.5, 0.6) is 0 Å². The van der Waals surface area contributed by atoms with Gasteiger partial charge in [0.25, 0.3) is 0 Å². The van der Waals surface area contributed by atoms with Crippen LogP contribution in [-0.4, -0.2) is 42.8 Å². The van der Waals surface area contributed by atoms with Gasteiger partial charge in [0.2, 0.25) is 5.91 Å². The number of rotatable bonds is 9. The first kappa shape index (κ1) is 23.2. The number of hydrogen-bond acceptors (Lipinski definition) is 5. The third-order valence-corrected chi connectivity index (χ3v) is 3.62. The van der Waals surface area contributed by atoms with Crippen LogP contribution in [0.25, 0.3) is 0 Å². The molecule has 0 heterocycles. The van der Waals surface area contributed by atoms with Crippen molar-refractivity contribution in [1.29, 1.82) is 0 Å². The van der Waals surface area contributed by atoms with Crippen molar-refractivity contribution in [2.75, 3.05) is 7.05 Å². The average Bonchev–Trinajstić information content (AvgIpc) is 2.48. The molecule has 3 atom stereocenters. The molecule has 0 aromatic rings. The molecule has 0 aliphatic carbocycles. The molecule has 146 valence electrons. The van der Waals surface area contributed by atoms with Crippen molar-refractivity contribution in [2.45, 2.75) is 85.0 Å². The minimum absolute atomic E-state index is 0.0926. The second-order valence-corrected chi connectivity index (χ2v) is 7.34. The first-order chi connectivity index (χ1) is 11.5. The number of carbonyl (C=O) groups is 3. The van der Waals surface area contributed by atoms with E-state index in [9.17, 15) is 14.4 Å². The lowest BCUT2D eigenvalue weighted by molar-refractivity contribution is -0.155. The van der Waals surface area contributed by atoms with E-state index < -0.39 is 23.7 Å². The predicted molar refractivity (Wildman–Crippen MR) is 96.1 cm³/mol. The van der Waals surface area contributed by atoms with E-state index >= 15 is 0 Å². The molecule has 2 N–H and O–H groups in total. The number of amides is 2. The third-order valence-electron chi connectivity index (χ3n) is 3.62. The number of alkyl carbamates (subject to hydrolysis) is 1. The highest BCUT2D eigenvalue weighted by Crippen LogP contribution is 2.19. The molecule has 0 fully saturated rings. The standard InChI is InChI=1S/C18H34N2O5/c1-8-9-10-14(12(2)11-15(21)19-7)24-16(22)13(3)20-17(23)25-18(4,5)6/h12-14H,8-11H2,1-7H3,(H,19,21)(H,20,23)/t12-,13-,14+/m0/s1. The van der Waals surface area contributed by atoms with Gasteiger partial charge in [-0.1, -0.05) is 26.7 Å². The lowest BCUT2D eigenvalue weighted by Gasteiger charge is -2.26. The highest BCUT2D eigenvalue weighted by atomic mass is 16.6. The van der Waals surface area contributed by atoms with Crippen molar-refractivity contribution in [3.8, 4) is 0 Å². The van der Waals surface area contributed by atoms with Crippen LogP contribution in [-0.2, 0) is 19.1 Å². The van der Waals surface area contributed by atoms with E-state index in [0.717, 1.165) is 12.8 Å². The molecule has 0 saturated heterocycles. The Bertz CT molecular complexity index is 445. The summed E-state index contributed by atoms with van der Waals surface area (Å²) in [5.41, 5.74) is -0.639. The summed E-state index contributed by atoms with van der Waals surface area (Å²) in [4.78, 5) is 35.6. The molecule has 7 heteroatoms. The van der Waals surface area contributed by atoms with Crippen molar-refractivity contribution >= 4 is 18.0 Å². The lowest BCUT2D eigenvalue weighted by Crippen LogP contribution is -2.44. The largest absolute Gasteiger partial charge is 0.461 e. The summed E-state index contributed by atoms with van der Waals surface area (Å²) in [5, 5.41) is 5.05. The number of nitrogens with one attached hydrogen (secondary N) is 2. The number of carbonyl (C=O) groups excluding carboxylic acids is 3. The molecule has 0 saturated carbocycles. The van der Waals surface area contributed by atoms with Gasteiger partial charge in [0.15, 0.2) is 0 Å². The van der Waals surface area contributed by atoms with Gasteiger partial charge in [-0.2, -0.15) is 0 Å². The van der Waals surface area contributed by atoms with Gasteiger partial charge in [-0.05, 0) is 34.1 Å². The second-order valence-electron chi connectivity index (χ2n) is 7.34. The van der Waals surface area contributed by atoms with Gasteiger partial charge < -0.3 is 20.1 Å². The van der Waals surface area contributed by atoms with E-state index in [1.165, 1.54) is 0 Å². The third kappa shape index (κ3) is 10.6. The first-order valence-electron chi connectivity index (χ1n) is 8.90. The Balaban J connectivity index is 4.72. The Morgan fingerprint density at radius 1 is 1.12 bits per heavy atom. The van der Waals surface area contributed by atoms with Crippen molar-refractivity contribution in [2.24, 2.45) is 5.92 Å². The predicted octanol–water partition coefficient (Wildman–Crippen LogP) is 2.77. The molecular formula is C18H34N2O5. The maximum atomic E-state index is 12.3. The van der Waals surface area contributed by atoms with Crippen LogP contribution in [0.15, 0.2) is 0 Å². The van der Waals surface area contributed by atoms with Gasteiger partial charge in [-0.3, -0.25) is 4.79 Å². The highest BCUT2D eigenvalue weighted by molar-refractivity contribution is 5.81. The van der Waals surface area contributed by atoms with Gasteiger partial charge >= 0.3 is 12.1 Å². The van der Waals surface area contributed by atoms with Crippen LogP contribution in [0.3, 0.4) is 0 Å². The molecule has 7 nitrogen and oxygen atoms in total. The van der Waals surface area contributed by atoms with Crippen LogP contribution < -0.4 is 10.6 Å². The summed E-state index contributed by atoms with van der Waals surface area (Å²) < 4.78 is 10.7. The maximum absolute atomic E-state index is 12.3. The van der Waals surface area contributed by atoms with Crippen molar-refractivity contribution in [3.05, 3.63) is 0 Å².